The van der Waals surface area contributed by atoms with Gasteiger partial charge in [-0.2, -0.15) is 0 Å². The van der Waals surface area contributed by atoms with Crippen LogP contribution in [0.4, 0.5) is 5.82 Å². The van der Waals surface area contributed by atoms with E-state index in [4.69, 9.17) is 0 Å². The maximum Gasteiger partial charge on any atom is 0.253 e. The summed E-state index contributed by atoms with van der Waals surface area (Å²) in [6.07, 6.45) is 3.09. The van der Waals surface area contributed by atoms with E-state index in [9.17, 15) is 9.90 Å². The van der Waals surface area contributed by atoms with Crippen molar-refractivity contribution in [2.45, 2.75) is 31.3 Å². The maximum atomic E-state index is 12.9. The van der Waals surface area contributed by atoms with Gasteiger partial charge in [0, 0.05) is 49.5 Å². The van der Waals surface area contributed by atoms with E-state index in [1.807, 2.05) is 48.3 Å². The first-order valence-electron chi connectivity index (χ1n) is 9.95. The van der Waals surface area contributed by atoms with E-state index < -0.39 is 0 Å². The molecular weight excluding hydrogens is 354 g/mol. The summed E-state index contributed by atoms with van der Waals surface area (Å²) in [6.45, 7) is 2.32. The lowest BCUT2D eigenvalue weighted by atomic mass is 10.1. The first kappa shape index (κ1) is 18.8. The average Bonchev–Trinajstić information content (AvgIpc) is 3.54. The molecule has 7 nitrogen and oxygen atoms in total. The van der Waals surface area contributed by atoms with E-state index in [0.717, 1.165) is 23.6 Å². The van der Waals surface area contributed by atoms with E-state index in [-0.39, 0.29) is 18.6 Å². The zero-order chi connectivity index (χ0) is 19.5. The standard InChI is InChI=1S/C21H27N5O2/c1-25-11-12-26(14-18(25)10-13-27)21(28)16-4-2-15(3-5-16)19-8-9-20(24-23-19)22-17-6-7-17/h2-5,8-9,17-18,27H,6-7,10-14H2,1H3,(H,22,24)/t18-/m1/s1. The average molecular weight is 381 g/mol. The number of rotatable bonds is 6. The van der Waals surface area contributed by atoms with Gasteiger partial charge in [0.25, 0.3) is 5.91 Å². The smallest absolute Gasteiger partial charge is 0.253 e. The van der Waals surface area contributed by atoms with Gasteiger partial charge in [0.15, 0.2) is 0 Å². The Hall–Kier alpha value is -2.51. The number of nitrogens with zero attached hydrogens (tertiary/aromatic N) is 4. The zero-order valence-corrected chi connectivity index (χ0v) is 16.2. The molecule has 1 aromatic carbocycles. The molecule has 0 radical (unpaired) electrons. The molecule has 148 valence electrons. The fourth-order valence-electron chi connectivity index (χ4n) is 3.56. The van der Waals surface area contributed by atoms with Gasteiger partial charge in [-0.05, 0) is 50.6 Å². The fraction of sp³-hybridized carbons (Fsp3) is 0.476. The van der Waals surface area contributed by atoms with Crippen molar-refractivity contribution >= 4 is 11.7 Å². The summed E-state index contributed by atoms with van der Waals surface area (Å²) in [5.41, 5.74) is 2.41. The van der Waals surface area contributed by atoms with Crippen LogP contribution in [-0.4, -0.2) is 76.4 Å². The first-order chi connectivity index (χ1) is 13.6. The number of aromatic nitrogens is 2. The third-order valence-corrected chi connectivity index (χ3v) is 5.55. The number of likely N-dealkylation sites (N-methyl/N-ethyl adjacent to an activating group) is 1. The molecule has 0 bridgehead atoms. The first-order valence-corrected chi connectivity index (χ1v) is 9.95. The molecule has 28 heavy (non-hydrogen) atoms. The Morgan fingerprint density at radius 2 is 1.93 bits per heavy atom. The molecule has 1 saturated heterocycles. The summed E-state index contributed by atoms with van der Waals surface area (Å²) in [5.74, 6) is 0.850. The molecule has 2 N–H and O–H groups in total. The number of amides is 1. The monoisotopic (exact) mass is 381 g/mol. The molecule has 1 aromatic heterocycles. The molecule has 7 heteroatoms. The third kappa shape index (κ3) is 4.31. The lowest BCUT2D eigenvalue weighted by molar-refractivity contribution is 0.0500. The number of carbonyl (C=O) groups excluding carboxylic acids is 1. The minimum atomic E-state index is 0.0395. The summed E-state index contributed by atoms with van der Waals surface area (Å²) in [5, 5.41) is 21.1. The normalized spacial score (nSPS) is 20.2. The Kier molecular flexibility index (Phi) is 5.54. The fourth-order valence-corrected chi connectivity index (χ4v) is 3.56. The Labute approximate surface area is 165 Å². The van der Waals surface area contributed by atoms with Crippen LogP contribution in [0.1, 0.15) is 29.6 Å². The van der Waals surface area contributed by atoms with Crippen molar-refractivity contribution in [3.05, 3.63) is 42.0 Å². The number of hydrogen-bond donors (Lipinski definition) is 2. The van der Waals surface area contributed by atoms with Crippen LogP contribution in [-0.2, 0) is 0 Å². The van der Waals surface area contributed by atoms with Gasteiger partial charge in [-0.15, -0.1) is 10.2 Å². The van der Waals surface area contributed by atoms with Crippen molar-refractivity contribution in [2.24, 2.45) is 0 Å². The second-order valence-corrected chi connectivity index (χ2v) is 7.70. The van der Waals surface area contributed by atoms with E-state index in [1.54, 1.807) is 0 Å². The van der Waals surface area contributed by atoms with E-state index in [0.29, 0.717) is 31.1 Å². The number of nitrogens with one attached hydrogen (secondary N) is 1. The van der Waals surface area contributed by atoms with Crippen molar-refractivity contribution < 1.29 is 9.90 Å². The number of benzene rings is 1. The summed E-state index contributed by atoms with van der Waals surface area (Å²) >= 11 is 0. The van der Waals surface area contributed by atoms with Gasteiger partial charge in [-0.1, -0.05) is 12.1 Å². The molecule has 4 rings (SSSR count). The second-order valence-electron chi connectivity index (χ2n) is 7.70. The molecule has 2 fully saturated rings. The van der Waals surface area contributed by atoms with E-state index in [1.165, 1.54) is 12.8 Å². The minimum absolute atomic E-state index is 0.0395. The number of hydrogen-bond acceptors (Lipinski definition) is 6. The Morgan fingerprint density at radius 1 is 1.14 bits per heavy atom. The minimum Gasteiger partial charge on any atom is -0.396 e. The molecule has 1 saturated carbocycles. The summed E-state index contributed by atoms with van der Waals surface area (Å²) in [7, 11) is 2.05. The van der Waals surface area contributed by atoms with Crippen LogP contribution in [0, 0.1) is 0 Å². The van der Waals surface area contributed by atoms with Gasteiger partial charge in [-0.3, -0.25) is 9.69 Å². The van der Waals surface area contributed by atoms with Gasteiger partial charge in [-0.25, -0.2) is 0 Å². The largest absolute Gasteiger partial charge is 0.396 e. The van der Waals surface area contributed by atoms with Crippen molar-refractivity contribution in [3.63, 3.8) is 0 Å². The van der Waals surface area contributed by atoms with Gasteiger partial charge < -0.3 is 15.3 Å². The molecule has 1 aliphatic carbocycles. The van der Waals surface area contributed by atoms with E-state index in [2.05, 4.69) is 20.4 Å². The van der Waals surface area contributed by atoms with Crippen molar-refractivity contribution in [1.29, 1.82) is 0 Å². The van der Waals surface area contributed by atoms with Crippen LogP contribution in [0.15, 0.2) is 36.4 Å². The van der Waals surface area contributed by atoms with Crippen LogP contribution in [0.2, 0.25) is 0 Å². The third-order valence-electron chi connectivity index (χ3n) is 5.55. The van der Waals surface area contributed by atoms with Crippen LogP contribution in [0.25, 0.3) is 11.3 Å². The number of piperazine rings is 1. The SMILES string of the molecule is CN1CCN(C(=O)c2ccc(-c3ccc(NC4CC4)nn3)cc2)C[C@H]1CCO. The molecular formula is C21H27N5O2. The number of anilines is 1. The number of aliphatic hydroxyl groups is 1. The van der Waals surface area contributed by atoms with Gasteiger partial charge in [0.05, 0.1) is 5.69 Å². The van der Waals surface area contributed by atoms with Crippen LogP contribution in [0.3, 0.4) is 0 Å². The van der Waals surface area contributed by atoms with Crippen molar-refractivity contribution in [1.82, 2.24) is 20.0 Å². The molecule has 0 spiro atoms. The molecule has 2 aromatic rings. The van der Waals surface area contributed by atoms with Gasteiger partial charge >= 0.3 is 0 Å². The summed E-state index contributed by atoms with van der Waals surface area (Å²) < 4.78 is 0. The zero-order valence-electron chi connectivity index (χ0n) is 16.2. The van der Waals surface area contributed by atoms with Crippen LogP contribution < -0.4 is 5.32 Å². The molecule has 2 heterocycles. The summed E-state index contributed by atoms with van der Waals surface area (Å²) in [4.78, 5) is 17.0. The molecule has 1 amide bonds. The Balaban J connectivity index is 1.41. The molecule has 2 aliphatic rings. The highest BCUT2D eigenvalue weighted by Crippen LogP contribution is 2.24. The van der Waals surface area contributed by atoms with Crippen LogP contribution >= 0.6 is 0 Å². The number of aliphatic hydroxyl groups excluding tert-OH is 1. The topological polar surface area (TPSA) is 81.6 Å². The quantitative estimate of drug-likeness (QED) is 0.795. The van der Waals surface area contributed by atoms with E-state index >= 15 is 0 Å². The highest BCUT2D eigenvalue weighted by Gasteiger charge is 2.27. The van der Waals surface area contributed by atoms with Gasteiger partial charge in [0.1, 0.15) is 5.82 Å². The second kappa shape index (κ2) is 8.24. The Morgan fingerprint density at radius 3 is 2.57 bits per heavy atom. The predicted octanol–water partition coefficient (Wildman–Crippen LogP) is 1.86. The van der Waals surface area contributed by atoms with Crippen molar-refractivity contribution in [2.75, 3.05) is 38.6 Å². The molecule has 0 unspecified atom stereocenters. The van der Waals surface area contributed by atoms with Gasteiger partial charge in [0.2, 0.25) is 0 Å². The highest BCUT2D eigenvalue weighted by molar-refractivity contribution is 5.94. The predicted molar refractivity (Wildman–Crippen MR) is 108 cm³/mol. The lowest BCUT2D eigenvalue weighted by Gasteiger charge is -2.39. The number of carbonyl (C=O) groups is 1. The maximum absolute atomic E-state index is 12.9. The summed E-state index contributed by atoms with van der Waals surface area (Å²) in [6, 6.07) is 12.2. The Bertz CT molecular complexity index is 805. The van der Waals surface area contributed by atoms with Crippen molar-refractivity contribution in [3.8, 4) is 11.3 Å². The highest BCUT2D eigenvalue weighted by atomic mass is 16.3. The molecule has 1 aliphatic heterocycles. The van der Waals surface area contributed by atoms with Crippen LogP contribution in [0.5, 0.6) is 0 Å². The molecule has 1 atom stereocenters. The lowest BCUT2D eigenvalue weighted by Crippen LogP contribution is -2.53.